The summed E-state index contributed by atoms with van der Waals surface area (Å²) in [6, 6.07) is 7.23. The Hall–Kier alpha value is -1.05. The summed E-state index contributed by atoms with van der Waals surface area (Å²) in [4.78, 5) is 3.71. The van der Waals surface area contributed by atoms with Gasteiger partial charge in [0.2, 0.25) is 0 Å². The van der Waals surface area contributed by atoms with Gasteiger partial charge < -0.3 is 0 Å². The predicted molar refractivity (Wildman–Crippen MR) is 41.0 cm³/mol. The van der Waals surface area contributed by atoms with Crippen molar-refractivity contribution in [3.63, 3.8) is 0 Å². The third-order valence-corrected chi connectivity index (χ3v) is 1.08. The average molecular weight is 115 g/mol. The molecule has 0 aliphatic rings. The fourth-order valence-corrected chi connectivity index (χ4v) is 0.580. The summed E-state index contributed by atoms with van der Waals surface area (Å²) >= 11 is 0. The molecule has 0 heterocycles. The molecule has 0 N–H and O–H groups in total. The molecular formula is C7H6BN. The van der Waals surface area contributed by atoms with E-state index in [0.717, 1.165) is 11.2 Å². The molecule has 2 heteroatoms. The second-order valence-corrected chi connectivity index (χ2v) is 1.75. The lowest BCUT2D eigenvalue weighted by Crippen LogP contribution is -1.97. The van der Waals surface area contributed by atoms with Crippen LogP contribution in [0.5, 0.6) is 0 Å². The molecule has 0 fully saturated rings. The molecule has 1 rings (SSSR count). The van der Waals surface area contributed by atoms with Gasteiger partial charge in [0, 0.05) is 0 Å². The van der Waals surface area contributed by atoms with Crippen molar-refractivity contribution < 1.29 is 0 Å². The molecule has 0 bridgehead atoms. The van der Waals surface area contributed by atoms with Crippen LogP contribution >= 0.6 is 0 Å². The molecule has 0 atom stereocenters. The average Bonchev–Trinajstić information content (AvgIpc) is 1.90. The predicted octanol–water partition coefficient (Wildman–Crippen LogP) is 0.812. The van der Waals surface area contributed by atoms with Crippen molar-refractivity contribution in [2.24, 2.45) is 4.99 Å². The number of benzene rings is 1. The highest BCUT2D eigenvalue weighted by atomic mass is 14.7. The summed E-state index contributed by atoms with van der Waals surface area (Å²) in [5, 5.41) is 0. The van der Waals surface area contributed by atoms with Crippen LogP contribution in [0.1, 0.15) is 0 Å². The van der Waals surface area contributed by atoms with Gasteiger partial charge in [0.1, 0.15) is 7.85 Å². The van der Waals surface area contributed by atoms with Gasteiger partial charge in [0.25, 0.3) is 0 Å². The Kier molecular flexibility index (Phi) is 1.68. The van der Waals surface area contributed by atoms with Crippen molar-refractivity contribution in [3.8, 4) is 0 Å². The fraction of sp³-hybridized carbons (Fsp3) is 0. The summed E-state index contributed by atoms with van der Waals surface area (Å²) < 4.78 is 0. The van der Waals surface area contributed by atoms with E-state index in [9.17, 15) is 0 Å². The summed E-state index contributed by atoms with van der Waals surface area (Å²) in [6.45, 7) is 3.37. The molecule has 0 aliphatic heterocycles. The quantitative estimate of drug-likeness (QED) is 0.379. The maximum Gasteiger partial charge on any atom is 0.113 e. The van der Waals surface area contributed by atoms with Gasteiger partial charge in [-0.1, -0.05) is 17.6 Å². The summed E-state index contributed by atoms with van der Waals surface area (Å²) in [6.07, 6.45) is 0. The standard InChI is InChI=1S/C7H6BN/c1-9-7-4-2-6(8)3-5-7/h2-5H,1H2. The Morgan fingerprint density at radius 1 is 1.22 bits per heavy atom. The van der Waals surface area contributed by atoms with E-state index in [1.54, 1.807) is 12.1 Å². The van der Waals surface area contributed by atoms with Crippen LogP contribution in [-0.4, -0.2) is 14.6 Å². The molecule has 1 aromatic rings. The topological polar surface area (TPSA) is 12.4 Å². The van der Waals surface area contributed by atoms with Gasteiger partial charge in [0.15, 0.2) is 0 Å². The van der Waals surface area contributed by atoms with Crippen LogP contribution in [0.4, 0.5) is 5.69 Å². The van der Waals surface area contributed by atoms with Crippen LogP contribution in [0, 0.1) is 0 Å². The minimum absolute atomic E-state index is 0.752. The van der Waals surface area contributed by atoms with Crippen molar-refractivity contribution in [1.82, 2.24) is 0 Å². The van der Waals surface area contributed by atoms with Crippen molar-refractivity contribution in [3.05, 3.63) is 24.3 Å². The maximum absolute atomic E-state index is 5.42. The van der Waals surface area contributed by atoms with Gasteiger partial charge in [-0.05, 0) is 18.9 Å². The Morgan fingerprint density at radius 3 is 2.22 bits per heavy atom. The minimum atomic E-state index is 0.752. The van der Waals surface area contributed by atoms with E-state index in [4.69, 9.17) is 7.85 Å². The van der Waals surface area contributed by atoms with Gasteiger partial charge in [-0.2, -0.15) is 0 Å². The van der Waals surface area contributed by atoms with Gasteiger partial charge in [0.05, 0.1) is 5.69 Å². The first-order valence-corrected chi connectivity index (χ1v) is 2.65. The number of nitrogens with zero attached hydrogens (tertiary/aromatic N) is 1. The number of aliphatic imine (C=N–C) groups is 1. The Bertz CT molecular complexity index is 203. The number of rotatable bonds is 1. The van der Waals surface area contributed by atoms with Crippen LogP contribution in [0.3, 0.4) is 0 Å². The molecule has 9 heavy (non-hydrogen) atoms. The Balaban J connectivity index is 3.01. The van der Waals surface area contributed by atoms with Crippen LogP contribution < -0.4 is 5.46 Å². The molecule has 0 aromatic heterocycles. The Morgan fingerprint density at radius 2 is 1.78 bits per heavy atom. The monoisotopic (exact) mass is 115 g/mol. The summed E-state index contributed by atoms with van der Waals surface area (Å²) in [7, 11) is 5.42. The zero-order valence-corrected chi connectivity index (χ0v) is 5.04. The smallest absolute Gasteiger partial charge is 0.113 e. The second-order valence-electron chi connectivity index (χ2n) is 1.75. The van der Waals surface area contributed by atoms with E-state index in [-0.39, 0.29) is 0 Å². The second kappa shape index (κ2) is 2.49. The maximum atomic E-state index is 5.42. The van der Waals surface area contributed by atoms with Crippen molar-refractivity contribution in [2.45, 2.75) is 0 Å². The fourth-order valence-electron chi connectivity index (χ4n) is 0.580. The van der Waals surface area contributed by atoms with Crippen LogP contribution in [0.2, 0.25) is 0 Å². The number of hydrogen-bond donors (Lipinski definition) is 0. The zero-order chi connectivity index (χ0) is 6.69. The molecule has 42 valence electrons. The highest BCUT2D eigenvalue weighted by Gasteiger charge is 1.83. The molecule has 0 unspecified atom stereocenters. The molecular weight excluding hydrogens is 109 g/mol. The SMILES string of the molecule is [B]c1ccc(N=C)cc1. The largest absolute Gasteiger partial charge is 0.265 e. The molecule has 1 aromatic carbocycles. The lowest BCUT2D eigenvalue weighted by Gasteiger charge is -1.91. The minimum Gasteiger partial charge on any atom is -0.265 e. The lowest BCUT2D eigenvalue weighted by molar-refractivity contribution is 1.57. The summed E-state index contributed by atoms with van der Waals surface area (Å²) in [5.74, 6) is 0. The normalized spacial score (nSPS) is 8.89. The Labute approximate surface area is 55.8 Å². The molecule has 0 aliphatic carbocycles. The zero-order valence-electron chi connectivity index (χ0n) is 5.04. The number of hydrogen-bond acceptors (Lipinski definition) is 1. The third kappa shape index (κ3) is 1.42. The van der Waals surface area contributed by atoms with E-state index in [0.29, 0.717) is 0 Å². The molecule has 0 saturated carbocycles. The third-order valence-electron chi connectivity index (χ3n) is 1.08. The first-order valence-electron chi connectivity index (χ1n) is 2.65. The van der Waals surface area contributed by atoms with Crippen LogP contribution in [0.25, 0.3) is 0 Å². The first-order chi connectivity index (χ1) is 4.33. The van der Waals surface area contributed by atoms with Crippen LogP contribution in [-0.2, 0) is 0 Å². The molecule has 0 amide bonds. The van der Waals surface area contributed by atoms with Gasteiger partial charge >= 0.3 is 0 Å². The molecule has 1 nitrogen and oxygen atoms in total. The van der Waals surface area contributed by atoms with Gasteiger partial charge in [-0.25, -0.2) is 0 Å². The van der Waals surface area contributed by atoms with E-state index in [1.165, 1.54) is 0 Å². The van der Waals surface area contributed by atoms with Crippen molar-refractivity contribution >= 4 is 25.7 Å². The van der Waals surface area contributed by atoms with Gasteiger partial charge in [-0.3, -0.25) is 4.99 Å². The highest BCUT2D eigenvalue weighted by molar-refractivity contribution is 6.32. The van der Waals surface area contributed by atoms with E-state index >= 15 is 0 Å². The van der Waals surface area contributed by atoms with E-state index < -0.39 is 0 Å². The van der Waals surface area contributed by atoms with Crippen molar-refractivity contribution in [2.75, 3.05) is 0 Å². The van der Waals surface area contributed by atoms with E-state index in [1.807, 2.05) is 12.1 Å². The molecule has 0 spiro atoms. The lowest BCUT2D eigenvalue weighted by atomic mass is 9.96. The summed E-state index contributed by atoms with van der Waals surface area (Å²) in [5.41, 5.74) is 1.60. The van der Waals surface area contributed by atoms with Gasteiger partial charge in [-0.15, -0.1) is 0 Å². The molecule has 2 radical (unpaired) electrons. The van der Waals surface area contributed by atoms with Crippen molar-refractivity contribution in [1.29, 1.82) is 0 Å². The molecule has 0 saturated heterocycles. The van der Waals surface area contributed by atoms with Crippen LogP contribution in [0.15, 0.2) is 29.3 Å². The highest BCUT2D eigenvalue weighted by Crippen LogP contribution is 2.05. The van der Waals surface area contributed by atoms with E-state index in [2.05, 4.69) is 11.7 Å². The first kappa shape index (κ1) is 6.08.